The molecule has 0 heterocycles. The van der Waals surface area contributed by atoms with Crippen LogP contribution in [0.4, 0.5) is 28.0 Å². The Morgan fingerprint density at radius 3 is 2.19 bits per heavy atom. The number of benzene rings is 3. The van der Waals surface area contributed by atoms with Crippen LogP contribution in [0.15, 0.2) is 60.7 Å². The molecule has 0 aliphatic heterocycles. The van der Waals surface area contributed by atoms with E-state index in [0.29, 0.717) is 12.1 Å². The number of ether oxygens (including phenoxy) is 1. The summed E-state index contributed by atoms with van der Waals surface area (Å²) in [6.45, 7) is -0.140. The van der Waals surface area contributed by atoms with E-state index in [4.69, 9.17) is 10.5 Å². The third kappa shape index (κ3) is 5.14. The van der Waals surface area contributed by atoms with Crippen molar-refractivity contribution in [2.45, 2.75) is 30.7 Å². The van der Waals surface area contributed by atoms with Crippen LogP contribution in [0.2, 0.25) is 0 Å². The third-order valence-electron chi connectivity index (χ3n) is 6.21. The van der Waals surface area contributed by atoms with Crippen molar-refractivity contribution in [2.24, 2.45) is 0 Å². The average molecular weight is 504 g/mol. The highest BCUT2D eigenvalue weighted by Crippen LogP contribution is 2.44. The molecule has 2 unspecified atom stereocenters. The van der Waals surface area contributed by atoms with Crippen LogP contribution in [-0.4, -0.2) is 35.6 Å². The van der Waals surface area contributed by atoms with Gasteiger partial charge in [0.15, 0.2) is 0 Å². The zero-order valence-corrected chi connectivity index (χ0v) is 18.9. The van der Waals surface area contributed by atoms with Gasteiger partial charge in [-0.3, -0.25) is 0 Å². The summed E-state index contributed by atoms with van der Waals surface area (Å²) in [7, 11) is 0. The predicted octanol–water partition coefficient (Wildman–Crippen LogP) is 4.75. The molecule has 0 fully saturated rings. The second-order valence-electron chi connectivity index (χ2n) is 8.51. The molecule has 0 radical (unpaired) electrons. The Kier molecular flexibility index (Phi) is 7.18. The van der Waals surface area contributed by atoms with Gasteiger partial charge in [0.25, 0.3) is 0 Å². The Morgan fingerprint density at radius 2 is 1.61 bits per heavy atom. The SMILES string of the molecule is Nc1cc(C(F)(F)F)c(C(O)C(O)CCNC(=O)OCC2c3ccccc3-c3ccccc32)cc1F. The molecular weight excluding hydrogens is 480 g/mol. The number of hydrogen-bond acceptors (Lipinski definition) is 5. The number of carbonyl (C=O) groups is 1. The number of alkyl carbamates (subject to hydrolysis) is 1. The third-order valence-corrected chi connectivity index (χ3v) is 6.21. The summed E-state index contributed by atoms with van der Waals surface area (Å²) in [5.41, 5.74) is 6.49. The van der Waals surface area contributed by atoms with Gasteiger partial charge in [0.1, 0.15) is 18.5 Å². The van der Waals surface area contributed by atoms with Crippen molar-refractivity contribution in [2.75, 3.05) is 18.9 Å². The molecule has 3 aromatic rings. The number of aliphatic hydroxyl groups excluding tert-OH is 2. The van der Waals surface area contributed by atoms with Crippen molar-refractivity contribution in [3.63, 3.8) is 0 Å². The summed E-state index contributed by atoms with van der Waals surface area (Å²) in [6, 6.07) is 16.4. The normalized spacial score (nSPS) is 14.6. The van der Waals surface area contributed by atoms with Crippen LogP contribution in [0.25, 0.3) is 11.1 Å². The Balaban J connectivity index is 1.33. The summed E-state index contributed by atoms with van der Waals surface area (Å²) in [5.74, 6) is -1.31. The van der Waals surface area contributed by atoms with Gasteiger partial charge < -0.3 is 26.0 Å². The van der Waals surface area contributed by atoms with Gasteiger partial charge in [-0.05, 0) is 46.4 Å². The molecule has 36 heavy (non-hydrogen) atoms. The van der Waals surface area contributed by atoms with E-state index in [-0.39, 0.29) is 25.5 Å². The number of hydrogen-bond donors (Lipinski definition) is 4. The Bertz CT molecular complexity index is 1220. The van der Waals surface area contributed by atoms with Gasteiger partial charge >= 0.3 is 12.3 Å². The van der Waals surface area contributed by atoms with Crippen LogP contribution in [0.5, 0.6) is 0 Å². The molecule has 4 rings (SSSR count). The quantitative estimate of drug-likeness (QED) is 0.275. The molecule has 5 N–H and O–H groups in total. The van der Waals surface area contributed by atoms with Crippen molar-refractivity contribution in [1.82, 2.24) is 5.32 Å². The smallest absolute Gasteiger partial charge is 0.416 e. The number of aliphatic hydroxyl groups is 2. The fourth-order valence-corrected chi connectivity index (χ4v) is 4.43. The predicted molar refractivity (Wildman–Crippen MR) is 124 cm³/mol. The summed E-state index contributed by atoms with van der Waals surface area (Å²) in [6.07, 6.45) is -9.79. The van der Waals surface area contributed by atoms with E-state index < -0.39 is 47.1 Å². The number of nitrogens with two attached hydrogens (primary N) is 1. The lowest BCUT2D eigenvalue weighted by molar-refractivity contribution is -0.140. The number of nitrogens with one attached hydrogen (secondary N) is 1. The molecule has 190 valence electrons. The van der Waals surface area contributed by atoms with Crippen LogP contribution in [0, 0.1) is 5.82 Å². The number of nitrogen functional groups attached to an aromatic ring is 1. The first-order valence-electron chi connectivity index (χ1n) is 11.2. The minimum absolute atomic E-state index is 0.0602. The van der Waals surface area contributed by atoms with E-state index in [1.807, 2.05) is 48.5 Å². The van der Waals surface area contributed by atoms with E-state index in [9.17, 15) is 32.6 Å². The van der Waals surface area contributed by atoms with Gasteiger partial charge in [0.2, 0.25) is 0 Å². The lowest BCUT2D eigenvalue weighted by atomic mass is 9.96. The highest BCUT2D eigenvalue weighted by molar-refractivity contribution is 5.79. The van der Waals surface area contributed by atoms with Gasteiger partial charge in [-0.25, -0.2) is 9.18 Å². The molecule has 6 nitrogen and oxygen atoms in total. The minimum atomic E-state index is -4.92. The van der Waals surface area contributed by atoms with Gasteiger partial charge in [0.05, 0.1) is 17.4 Å². The van der Waals surface area contributed by atoms with E-state index in [1.165, 1.54) is 0 Å². The first-order chi connectivity index (χ1) is 17.1. The second-order valence-corrected chi connectivity index (χ2v) is 8.51. The van der Waals surface area contributed by atoms with Gasteiger partial charge in [0, 0.05) is 12.5 Å². The lowest BCUT2D eigenvalue weighted by Crippen LogP contribution is -2.31. The maximum Gasteiger partial charge on any atom is 0.416 e. The van der Waals surface area contributed by atoms with Crippen molar-refractivity contribution in [3.05, 3.63) is 88.7 Å². The van der Waals surface area contributed by atoms with Crippen LogP contribution in [0.1, 0.15) is 40.7 Å². The highest BCUT2D eigenvalue weighted by atomic mass is 19.4. The van der Waals surface area contributed by atoms with E-state index in [2.05, 4.69) is 5.32 Å². The van der Waals surface area contributed by atoms with E-state index >= 15 is 0 Å². The van der Waals surface area contributed by atoms with Crippen molar-refractivity contribution >= 4 is 11.8 Å². The standard InChI is InChI=1S/C26H24F4N2O4/c27-21-11-18(20(12-22(21)31)26(28,29)30)24(34)23(33)9-10-32-25(35)36-13-19-16-7-3-1-5-14(16)15-6-2-4-8-17(15)19/h1-8,11-12,19,23-24,33-34H,9-10,13,31H2,(H,32,35). The van der Waals surface area contributed by atoms with Gasteiger partial charge in [-0.15, -0.1) is 0 Å². The number of halogens is 4. The molecule has 3 aromatic carbocycles. The maximum absolute atomic E-state index is 13.8. The van der Waals surface area contributed by atoms with Crippen molar-refractivity contribution in [3.8, 4) is 11.1 Å². The summed E-state index contributed by atoms with van der Waals surface area (Å²) in [4.78, 5) is 12.2. The fourth-order valence-electron chi connectivity index (χ4n) is 4.43. The zero-order valence-electron chi connectivity index (χ0n) is 18.9. The zero-order chi connectivity index (χ0) is 26.0. The van der Waals surface area contributed by atoms with E-state index in [0.717, 1.165) is 22.3 Å². The van der Waals surface area contributed by atoms with Crippen molar-refractivity contribution < 1.29 is 37.3 Å². The first-order valence-corrected chi connectivity index (χ1v) is 11.2. The largest absolute Gasteiger partial charge is 0.449 e. The number of amides is 1. The van der Waals surface area contributed by atoms with Crippen LogP contribution < -0.4 is 11.1 Å². The molecule has 0 spiro atoms. The number of fused-ring (bicyclic) bond motifs is 3. The monoisotopic (exact) mass is 504 g/mol. The number of carbonyl (C=O) groups excluding carboxylic acids is 1. The molecular formula is C26H24F4N2O4. The van der Waals surface area contributed by atoms with Crippen LogP contribution in [0.3, 0.4) is 0 Å². The second kappa shape index (κ2) is 10.2. The maximum atomic E-state index is 13.8. The Labute approximate surface area is 204 Å². The summed E-state index contributed by atoms with van der Waals surface area (Å²) < 4.78 is 59.0. The molecule has 2 atom stereocenters. The van der Waals surface area contributed by atoms with E-state index in [1.54, 1.807) is 0 Å². The summed E-state index contributed by atoms with van der Waals surface area (Å²) >= 11 is 0. The highest BCUT2D eigenvalue weighted by Gasteiger charge is 2.37. The average Bonchev–Trinajstić information content (AvgIpc) is 3.16. The topological polar surface area (TPSA) is 105 Å². The fraction of sp³-hybridized carbons (Fsp3) is 0.269. The Hall–Kier alpha value is -3.63. The summed E-state index contributed by atoms with van der Waals surface area (Å²) in [5, 5.41) is 22.8. The number of anilines is 1. The van der Waals surface area contributed by atoms with Gasteiger partial charge in [-0.1, -0.05) is 48.5 Å². The lowest BCUT2D eigenvalue weighted by Gasteiger charge is -2.22. The van der Waals surface area contributed by atoms with Crippen molar-refractivity contribution in [1.29, 1.82) is 0 Å². The minimum Gasteiger partial charge on any atom is -0.449 e. The molecule has 0 saturated carbocycles. The molecule has 1 aliphatic rings. The molecule has 1 aliphatic carbocycles. The number of rotatable bonds is 7. The van der Waals surface area contributed by atoms with Crippen LogP contribution in [-0.2, 0) is 10.9 Å². The van der Waals surface area contributed by atoms with Gasteiger partial charge in [-0.2, -0.15) is 13.2 Å². The molecule has 1 amide bonds. The first kappa shape index (κ1) is 25.5. The molecule has 10 heteroatoms. The molecule has 0 bridgehead atoms. The van der Waals surface area contributed by atoms with Crippen LogP contribution >= 0.6 is 0 Å². The molecule has 0 saturated heterocycles. The molecule has 0 aromatic heterocycles. The Morgan fingerprint density at radius 1 is 1.03 bits per heavy atom. The number of alkyl halides is 3.